The van der Waals surface area contributed by atoms with Crippen molar-refractivity contribution in [2.24, 2.45) is 0 Å². The highest BCUT2D eigenvalue weighted by atomic mass is 19.1. The fourth-order valence-electron chi connectivity index (χ4n) is 4.14. The third-order valence-electron chi connectivity index (χ3n) is 5.16. The third kappa shape index (κ3) is 2.50. The summed E-state index contributed by atoms with van der Waals surface area (Å²) in [5.74, 6) is -0.121. The van der Waals surface area contributed by atoms with E-state index < -0.39 is 0 Å². The Kier molecular flexibility index (Phi) is 3.48. The van der Waals surface area contributed by atoms with Crippen molar-refractivity contribution >= 4 is 0 Å². The van der Waals surface area contributed by atoms with E-state index in [4.69, 9.17) is 9.47 Å². The average molecular weight is 291 g/mol. The van der Waals surface area contributed by atoms with Crippen LogP contribution in [0.5, 0.6) is 0 Å². The van der Waals surface area contributed by atoms with Crippen molar-refractivity contribution in [2.75, 3.05) is 32.9 Å². The molecule has 2 heterocycles. The first-order valence-electron chi connectivity index (χ1n) is 8.00. The molecule has 0 amide bonds. The highest BCUT2D eigenvalue weighted by Gasteiger charge is 2.41. The molecule has 0 N–H and O–H groups in total. The van der Waals surface area contributed by atoms with Gasteiger partial charge in [0.25, 0.3) is 0 Å². The predicted molar refractivity (Wildman–Crippen MR) is 77.8 cm³/mol. The number of hydrogen-bond donors (Lipinski definition) is 0. The van der Waals surface area contributed by atoms with E-state index in [0.29, 0.717) is 12.6 Å². The molecule has 1 aliphatic carbocycles. The van der Waals surface area contributed by atoms with Crippen LogP contribution in [-0.2, 0) is 15.9 Å². The van der Waals surface area contributed by atoms with Crippen molar-refractivity contribution in [3.8, 4) is 0 Å². The molecule has 3 aliphatic rings. The Morgan fingerprint density at radius 1 is 1.29 bits per heavy atom. The van der Waals surface area contributed by atoms with Crippen LogP contribution in [0.15, 0.2) is 18.2 Å². The van der Waals surface area contributed by atoms with Crippen LogP contribution in [-0.4, -0.2) is 43.4 Å². The van der Waals surface area contributed by atoms with Crippen molar-refractivity contribution in [3.05, 3.63) is 35.1 Å². The molecule has 0 aromatic heterocycles. The van der Waals surface area contributed by atoms with Crippen molar-refractivity contribution in [3.63, 3.8) is 0 Å². The minimum atomic E-state index is -0.132. The number of hydrogen-bond acceptors (Lipinski definition) is 3. The van der Waals surface area contributed by atoms with Gasteiger partial charge in [0.15, 0.2) is 0 Å². The van der Waals surface area contributed by atoms with Gasteiger partial charge in [-0.25, -0.2) is 4.39 Å². The average Bonchev–Trinajstić information content (AvgIpc) is 2.91. The molecule has 1 spiro atoms. The quantitative estimate of drug-likeness (QED) is 0.794. The van der Waals surface area contributed by atoms with Crippen LogP contribution in [0.3, 0.4) is 0 Å². The Labute approximate surface area is 125 Å². The second-order valence-electron chi connectivity index (χ2n) is 6.56. The van der Waals surface area contributed by atoms with Gasteiger partial charge in [0.05, 0.1) is 13.2 Å². The van der Waals surface area contributed by atoms with Crippen LogP contribution >= 0.6 is 0 Å². The molecule has 4 heteroatoms. The van der Waals surface area contributed by atoms with Crippen LogP contribution in [0.2, 0.25) is 0 Å². The smallest absolute Gasteiger partial charge is 0.123 e. The molecule has 0 saturated carbocycles. The van der Waals surface area contributed by atoms with E-state index in [1.165, 1.54) is 11.1 Å². The number of aryl methyl sites for hydroxylation is 1. The van der Waals surface area contributed by atoms with Crippen molar-refractivity contribution < 1.29 is 13.9 Å². The second kappa shape index (κ2) is 5.34. The molecule has 0 radical (unpaired) electrons. The summed E-state index contributed by atoms with van der Waals surface area (Å²) < 4.78 is 25.3. The lowest BCUT2D eigenvalue weighted by Gasteiger charge is -2.46. The first kappa shape index (κ1) is 13.7. The van der Waals surface area contributed by atoms with Gasteiger partial charge in [-0.1, -0.05) is 6.07 Å². The zero-order chi connectivity index (χ0) is 14.3. The monoisotopic (exact) mass is 291 g/mol. The van der Waals surface area contributed by atoms with E-state index in [1.807, 2.05) is 6.07 Å². The number of benzene rings is 1. The second-order valence-corrected chi connectivity index (χ2v) is 6.56. The summed E-state index contributed by atoms with van der Waals surface area (Å²) in [5.41, 5.74) is 2.36. The van der Waals surface area contributed by atoms with E-state index in [2.05, 4.69) is 4.90 Å². The molecular weight excluding hydrogens is 269 g/mol. The number of rotatable bonds is 1. The normalized spacial score (nSPS) is 33.3. The molecule has 21 heavy (non-hydrogen) atoms. The van der Waals surface area contributed by atoms with E-state index in [0.717, 1.165) is 52.0 Å². The number of nitrogens with zero attached hydrogens (tertiary/aromatic N) is 1. The summed E-state index contributed by atoms with van der Waals surface area (Å²) in [6, 6.07) is 5.60. The van der Waals surface area contributed by atoms with Crippen LogP contribution in [0, 0.1) is 5.82 Å². The SMILES string of the molecule is Fc1ccc2c(c1)C(N1CCOC3(CCCOC3)C1)CC2. The molecule has 1 aromatic carbocycles. The van der Waals surface area contributed by atoms with Gasteiger partial charge >= 0.3 is 0 Å². The summed E-state index contributed by atoms with van der Waals surface area (Å²) in [6.07, 6.45) is 4.30. The lowest BCUT2D eigenvalue weighted by atomic mass is 9.93. The third-order valence-corrected chi connectivity index (χ3v) is 5.16. The maximum Gasteiger partial charge on any atom is 0.123 e. The van der Waals surface area contributed by atoms with Crippen molar-refractivity contribution in [2.45, 2.75) is 37.3 Å². The van der Waals surface area contributed by atoms with E-state index in [-0.39, 0.29) is 11.4 Å². The maximum atomic E-state index is 13.6. The molecule has 4 rings (SSSR count). The summed E-state index contributed by atoms with van der Waals surface area (Å²) in [5, 5.41) is 0. The van der Waals surface area contributed by atoms with E-state index in [1.54, 1.807) is 12.1 Å². The number of morpholine rings is 1. The first-order chi connectivity index (χ1) is 10.3. The fourth-order valence-corrected chi connectivity index (χ4v) is 4.14. The van der Waals surface area contributed by atoms with Gasteiger partial charge in [0, 0.05) is 25.7 Å². The predicted octanol–water partition coefficient (Wildman–Crippen LogP) is 2.69. The van der Waals surface area contributed by atoms with Gasteiger partial charge in [-0.3, -0.25) is 4.90 Å². The zero-order valence-corrected chi connectivity index (χ0v) is 12.3. The Hall–Kier alpha value is -0.970. The molecule has 0 bridgehead atoms. The fraction of sp³-hybridized carbons (Fsp3) is 0.647. The molecule has 2 atom stereocenters. The molecule has 2 unspecified atom stereocenters. The topological polar surface area (TPSA) is 21.7 Å². The van der Waals surface area contributed by atoms with Gasteiger partial charge in [-0.2, -0.15) is 0 Å². The highest BCUT2D eigenvalue weighted by Crippen LogP contribution is 2.39. The summed E-state index contributed by atoms with van der Waals surface area (Å²) in [6.45, 7) is 4.15. The molecule has 2 fully saturated rings. The van der Waals surface area contributed by atoms with Gasteiger partial charge < -0.3 is 9.47 Å². The summed E-state index contributed by atoms with van der Waals surface area (Å²) in [4.78, 5) is 2.49. The lowest BCUT2D eigenvalue weighted by Crippen LogP contribution is -2.56. The van der Waals surface area contributed by atoms with Crippen LogP contribution in [0.4, 0.5) is 4.39 Å². The molecule has 114 valence electrons. The maximum absolute atomic E-state index is 13.6. The largest absolute Gasteiger partial charge is 0.378 e. The molecule has 2 saturated heterocycles. The molecule has 2 aliphatic heterocycles. The van der Waals surface area contributed by atoms with Crippen LogP contribution in [0.25, 0.3) is 0 Å². The Morgan fingerprint density at radius 2 is 2.24 bits per heavy atom. The van der Waals surface area contributed by atoms with E-state index >= 15 is 0 Å². The Bertz CT molecular complexity index is 522. The Morgan fingerprint density at radius 3 is 3.10 bits per heavy atom. The minimum Gasteiger partial charge on any atom is -0.378 e. The van der Waals surface area contributed by atoms with E-state index in [9.17, 15) is 4.39 Å². The van der Waals surface area contributed by atoms with Crippen molar-refractivity contribution in [1.82, 2.24) is 4.90 Å². The van der Waals surface area contributed by atoms with Gasteiger partial charge in [-0.15, -0.1) is 0 Å². The van der Waals surface area contributed by atoms with Crippen LogP contribution in [0.1, 0.15) is 36.4 Å². The van der Waals surface area contributed by atoms with Gasteiger partial charge in [0.1, 0.15) is 11.4 Å². The Balaban J connectivity index is 1.56. The number of ether oxygens (including phenoxy) is 2. The van der Waals surface area contributed by atoms with Gasteiger partial charge in [-0.05, 0) is 48.9 Å². The van der Waals surface area contributed by atoms with Crippen LogP contribution < -0.4 is 0 Å². The molecule has 3 nitrogen and oxygen atoms in total. The van der Waals surface area contributed by atoms with Crippen molar-refractivity contribution in [1.29, 1.82) is 0 Å². The zero-order valence-electron chi connectivity index (χ0n) is 12.3. The minimum absolute atomic E-state index is 0.121. The standard InChI is InChI=1S/C17H22FNO2/c18-14-4-2-13-3-5-16(15(13)10-14)19-7-9-21-17(11-19)6-1-8-20-12-17/h2,4,10,16H,1,3,5-9,11-12H2. The van der Waals surface area contributed by atoms with Gasteiger partial charge in [0.2, 0.25) is 0 Å². The number of fused-ring (bicyclic) bond motifs is 1. The summed E-state index contributed by atoms with van der Waals surface area (Å²) in [7, 11) is 0. The highest BCUT2D eigenvalue weighted by molar-refractivity contribution is 5.35. The summed E-state index contributed by atoms with van der Waals surface area (Å²) >= 11 is 0. The first-order valence-corrected chi connectivity index (χ1v) is 8.00. The number of halogens is 1. The lowest BCUT2D eigenvalue weighted by molar-refractivity contribution is -0.174. The molecular formula is C17H22FNO2. The molecule has 1 aromatic rings.